The third-order valence-electron chi connectivity index (χ3n) is 5.44. The maximum atomic E-state index is 8.98. The van der Waals surface area contributed by atoms with Crippen LogP contribution >= 0.6 is 23.4 Å². The number of hydrogen-bond donors (Lipinski definition) is 0. The predicted octanol–water partition coefficient (Wildman–Crippen LogP) is 5.74. The number of rotatable bonds is 6. The van der Waals surface area contributed by atoms with Gasteiger partial charge in [-0.15, -0.1) is 0 Å². The number of azide groups is 1. The van der Waals surface area contributed by atoms with Crippen molar-refractivity contribution in [2.45, 2.75) is 50.5 Å². The van der Waals surface area contributed by atoms with Crippen molar-refractivity contribution in [1.82, 2.24) is 9.97 Å². The van der Waals surface area contributed by atoms with Crippen LogP contribution in [0.2, 0.25) is 5.15 Å². The first-order valence-electron chi connectivity index (χ1n) is 8.64. The molecule has 0 amide bonds. The van der Waals surface area contributed by atoms with E-state index >= 15 is 0 Å². The molecule has 0 spiro atoms. The maximum absolute atomic E-state index is 8.98. The summed E-state index contributed by atoms with van der Waals surface area (Å²) in [5, 5.41) is 6.68. The average molecular weight is 392 g/mol. The van der Waals surface area contributed by atoms with Gasteiger partial charge in [0.25, 0.3) is 0 Å². The number of hydrogen-bond acceptors (Lipinski definition) is 5. The van der Waals surface area contributed by atoms with E-state index in [1.165, 1.54) is 0 Å². The summed E-state index contributed by atoms with van der Waals surface area (Å²) >= 11 is 8.02. The standard InChI is InChI=1S/C18H22ClN5OS/c1-5-18(3,23-24-20)13-9-22-17(12-8-21-16(19)6-11(12)13)25-14-7-15(26-4)10(14)2/h6,8-10,14-15H,5,7H2,1-4H3/t10-,14+,15-,18+/m0/s1. The molecule has 0 aliphatic heterocycles. The zero-order chi connectivity index (χ0) is 18.9. The molecule has 2 aromatic heterocycles. The second-order valence-corrected chi connectivity index (χ2v) is 8.34. The molecule has 1 aliphatic carbocycles. The smallest absolute Gasteiger partial charge is 0.223 e. The van der Waals surface area contributed by atoms with Gasteiger partial charge in [0.15, 0.2) is 0 Å². The highest BCUT2D eigenvalue weighted by molar-refractivity contribution is 7.99. The Hall–Kier alpha value is -1.69. The second kappa shape index (κ2) is 7.51. The molecule has 2 heterocycles. The van der Waals surface area contributed by atoms with Gasteiger partial charge in [-0.3, -0.25) is 0 Å². The highest BCUT2D eigenvalue weighted by Crippen LogP contribution is 2.41. The lowest BCUT2D eigenvalue weighted by atomic mass is 9.82. The quantitative estimate of drug-likeness (QED) is 0.272. The lowest BCUT2D eigenvalue weighted by Crippen LogP contribution is -2.45. The van der Waals surface area contributed by atoms with E-state index in [-0.39, 0.29) is 6.10 Å². The summed E-state index contributed by atoms with van der Waals surface area (Å²) in [6, 6.07) is 1.79. The van der Waals surface area contributed by atoms with Crippen LogP contribution in [-0.4, -0.2) is 27.6 Å². The molecule has 0 bridgehead atoms. The molecule has 2 aromatic rings. The Bertz CT molecular complexity index is 872. The number of aromatic nitrogens is 2. The molecule has 1 saturated carbocycles. The molecule has 26 heavy (non-hydrogen) atoms. The number of halogens is 1. The molecule has 3 rings (SSSR count). The van der Waals surface area contributed by atoms with Crippen molar-refractivity contribution in [3.05, 3.63) is 39.6 Å². The van der Waals surface area contributed by atoms with Crippen molar-refractivity contribution in [2.75, 3.05) is 6.26 Å². The normalized spacial score (nSPS) is 24.4. The lowest BCUT2D eigenvalue weighted by molar-refractivity contribution is 0.0622. The van der Waals surface area contributed by atoms with E-state index in [0.29, 0.717) is 28.6 Å². The number of nitrogens with zero attached hydrogens (tertiary/aromatic N) is 5. The van der Waals surface area contributed by atoms with Crippen LogP contribution < -0.4 is 4.74 Å². The third kappa shape index (κ3) is 3.31. The van der Waals surface area contributed by atoms with E-state index in [1.807, 2.05) is 25.6 Å². The van der Waals surface area contributed by atoms with Crippen LogP contribution in [0.4, 0.5) is 0 Å². The molecular formula is C18H22ClN5OS. The summed E-state index contributed by atoms with van der Waals surface area (Å²) in [6.07, 6.45) is 7.36. The van der Waals surface area contributed by atoms with Crippen molar-refractivity contribution < 1.29 is 4.74 Å². The van der Waals surface area contributed by atoms with Crippen molar-refractivity contribution in [3.63, 3.8) is 0 Å². The predicted molar refractivity (Wildman–Crippen MR) is 107 cm³/mol. The monoisotopic (exact) mass is 391 g/mol. The summed E-state index contributed by atoms with van der Waals surface area (Å²) in [6.45, 7) is 6.08. The van der Waals surface area contributed by atoms with Gasteiger partial charge in [0.1, 0.15) is 11.3 Å². The second-order valence-electron chi connectivity index (χ2n) is 6.87. The summed E-state index contributed by atoms with van der Waals surface area (Å²) in [7, 11) is 0. The highest BCUT2D eigenvalue weighted by Gasteiger charge is 2.39. The Kier molecular flexibility index (Phi) is 5.51. The van der Waals surface area contributed by atoms with Crippen molar-refractivity contribution in [3.8, 4) is 5.88 Å². The number of ether oxygens (including phenoxy) is 1. The number of thioether (sulfide) groups is 1. The topological polar surface area (TPSA) is 83.8 Å². The van der Waals surface area contributed by atoms with Crippen LogP contribution in [0.25, 0.3) is 21.2 Å². The third-order valence-corrected chi connectivity index (χ3v) is 6.87. The Labute approximate surface area is 162 Å². The van der Waals surface area contributed by atoms with Gasteiger partial charge in [-0.1, -0.05) is 30.6 Å². The zero-order valence-corrected chi connectivity index (χ0v) is 16.9. The minimum Gasteiger partial charge on any atom is -0.474 e. The van der Waals surface area contributed by atoms with Crippen LogP contribution in [0.1, 0.15) is 39.2 Å². The molecule has 0 saturated heterocycles. The van der Waals surface area contributed by atoms with E-state index < -0.39 is 5.54 Å². The van der Waals surface area contributed by atoms with Gasteiger partial charge in [0.2, 0.25) is 5.88 Å². The van der Waals surface area contributed by atoms with Gasteiger partial charge in [-0.05, 0) is 48.6 Å². The molecule has 8 heteroatoms. The Balaban J connectivity index is 2.06. The first-order valence-corrected chi connectivity index (χ1v) is 10.3. The zero-order valence-electron chi connectivity index (χ0n) is 15.3. The number of fused-ring (bicyclic) bond motifs is 1. The molecule has 4 atom stereocenters. The SMILES string of the molecule is CC[C@@](C)(N=[N+]=[N-])c1cnc(O[C@@H]2C[C@H](SC)[C@H]2C)c2cnc(Cl)cc12. The molecule has 6 nitrogen and oxygen atoms in total. The van der Waals surface area contributed by atoms with Crippen LogP contribution in [0.5, 0.6) is 5.88 Å². The summed E-state index contributed by atoms with van der Waals surface area (Å²) in [4.78, 5) is 11.8. The minimum absolute atomic E-state index is 0.152. The van der Waals surface area contributed by atoms with Gasteiger partial charge < -0.3 is 4.74 Å². The molecular weight excluding hydrogens is 370 g/mol. The van der Waals surface area contributed by atoms with Gasteiger partial charge >= 0.3 is 0 Å². The molecule has 0 unspecified atom stereocenters. The molecule has 0 N–H and O–H groups in total. The summed E-state index contributed by atoms with van der Waals surface area (Å²) in [5.41, 5.74) is 9.10. The molecule has 138 valence electrons. The van der Waals surface area contributed by atoms with Gasteiger partial charge in [0, 0.05) is 28.5 Å². The largest absolute Gasteiger partial charge is 0.474 e. The Morgan fingerprint density at radius 2 is 2.19 bits per heavy atom. The summed E-state index contributed by atoms with van der Waals surface area (Å²) in [5.74, 6) is 1.04. The van der Waals surface area contributed by atoms with Crippen molar-refractivity contribution in [1.29, 1.82) is 0 Å². The number of pyridine rings is 2. The van der Waals surface area contributed by atoms with Crippen LogP contribution in [-0.2, 0) is 5.54 Å². The lowest BCUT2D eigenvalue weighted by Gasteiger charge is -2.41. The fourth-order valence-electron chi connectivity index (χ4n) is 3.33. The molecule has 1 fully saturated rings. The average Bonchev–Trinajstić information content (AvgIpc) is 2.64. The highest BCUT2D eigenvalue weighted by atomic mass is 35.5. The first-order chi connectivity index (χ1) is 12.4. The fourth-order valence-corrected chi connectivity index (χ4v) is 4.48. The van der Waals surface area contributed by atoms with E-state index in [1.54, 1.807) is 18.5 Å². The van der Waals surface area contributed by atoms with Gasteiger partial charge in [0.05, 0.1) is 10.9 Å². The van der Waals surface area contributed by atoms with Crippen molar-refractivity contribution >= 4 is 34.1 Å². The van der Waals surface area contributed by atoms with Crippen molar-refractivity contribution in [2.24, 2.45) is 11.0 Å². The molecule has 0 aromatic carbocycles. The Morgan fingerprint density at radius 3 is 2.81 bits per heavy atom. The maximum Gasteiger partial charge on any atom is 0.223 e. The fraction of sp³-hybridized carbons (Fsp3) is 0.556. The molecule has 0 radical (unpaired) electrons. The minimum atomic E-state index is -0.711. The van der Waals surface area contributed by atoms with Gasteiger partial charge in [-0.25, -0.2) is 9.97 Å². The Morgan fingerprint density at radius 1 is 1.42 bits per heavy atom. The van der Waals surface area contributed by atoms with Crippen LogP contribution in [0.15, 0.2) is 23.6 Å². The van der Waals surface area contributed by atoms with Crippen LogP contribution in [0, 0.1) is 5.92 Å². The van der Waals surface area contributed by atoms with Crippen LogP contribution in [0.3, 0.4) is 0 Å². The van der Waals surface area contributed by atoms with E-state index in [9.17, 15) is 0 Å². The van der Waals surface area contributed by atoms with Gasteiger partial charge in [-0.2, -0.15) is 11.8 Å². The molecule has 1 aliphatic rings. The summed E-state index contributed by atoms with van der Waals surface area (Å²) < 4.78 is 6.20. The van der Waals surface area contributed by atoms with E-state index in [4.69, 9.17) is 21.9 Å². The van der Waals surface area contributed by atoms with E-state index in [0.717, 1.165) is 22.8 Å². The van der Waals surface area contributed by atoms with E-state index in [2.05, 4.69) is 33.2 Å². The first kappa shape index (κ1) is 19.1.